The SMILES string of the molecule is C#CCCCCNC(=O)CCOCCC. The summed E-state index contributed by atoms with van der Waals surface area (Å²) in [5.41, 5.74) is 0. The number of hydrogen-bond donors (Lipinski definition) is 1. The van der Waals surface area contributed by atoms with Gasteiger partial charge in [-0.1, -0.05) is 6.92 Å². The lowest BCUT2D eigenvalue weighted by Gasteiger charge is -2.04. The first-order chi connectivity index (χ1) is 7.31. The van der Waals surface area contributed by atoms with Gasteiger partial charge in [0.05, 0.1) is 6.61 Å². The average Bonchev–Trinajstić information content (AvgIpc) is 2.24. The number of ether oxygens (including phenoxy) is 1. The Kier molecular flexibility index (Phi) is 10.3. The standard InChI is InChI=1S/C12H21NO2/c1-3-5-6-7-9-13-12(14)8-11-15-10-4-2/h1H,4-11H2,2H3,(H,13,14). The second kappa shape index (κ2) is 11.1. The summed E-state index contributed by atoms with van der Waals surface area (Å²) in [6, 6.07) is 0. The minimum atomic E-state index is 0.0619. The normalized spacial score (nSPS) is 9.60. The molecule has 0 aliphatic heterocycles. The molecule has 0 aliphatic rings. The zero-order valence-electron chi connectivity index (χ0n) is 9.55. The molecule has 0 fully saturated rings. The van der Waals surface area contributed by atoms with Gasteiger partial charge in [-0.25, -0.2) is 0 Å². The molecule has 0 aromatic rings. The average molecular weight is 211 g/mol. The van der Waals surface area contributed by atoms with E-state index >= 15 is 0 Å². The van der Waals surface area contributed by atoms with Crippen LogP contribution in [0, 0.1) is 12.3 Å². The van der Waals surface area contributed by atoms with Crippen molar-refractivity contribution in [3.05, 3.63) is 0 Å². The van der Waals surface area contributed by atoms with Crippen LogP contribution >= 0.6 is 0 Å². The summed E-state index contributed by atoms with van der Waals surface area (Å²) < 4.78 is 5.21. The van der Waals surface area contributed by atoms with Gasteiger partial charge in [0, 0.05) is 26.0 Å². The van der Waals surface area contributed by atoms with Crippen LogP contribution in [-0.2, 0) is 9.53 Å². The Morgan fingerprint density at radius 2 is 2.20 bits per heavy atom. The summed E-state index contributed by atoms with van der Waals surface area (Å²) in [7, 11) is 0. The first-order valence-electron chi connectivity index (χ1n) is 5.59. The fourth-order valence-corrected chi connectivity index (χ4v) is 1.08. The van der Waals surface area contributed by atoms with Crippen LogP contribution in [0.5, 0.6) is 0 Å². The fourth-order valence-electron chi connectivity index (χ4n) is 1.08. The quantitative estimate of drug-likeness (QED) is 0.466. The van der Waals surface area contributed by atoms with Crippen LogP contribution in [0.15, 0.2) is 0 Å². The predicted octanol–water partition coefficient (Wildman–Crippen LogP) is 1.72. The van der Waals surface area contributed by atoms with Crippen LogP contribution in [0.2, 0.25) is 0 Å². The van der Waals surface area contributed by atoms with E-state index in [-0.39, 0.29) is 5.91 Å². The molecule has 3 heteroatoms. The molecule has 0 spiro atoms. The highest BCUT2D eigenvalue weighted by Crippen LogP contribution is 1.92. The monoisotopic (exact) mass is 211 g/mol. The van der Waals surface area contributed by atoms with Gasteiger partial charge in [-0.2, -0.15) is 0 Å². The largest absolute Gasteiger partial charge is 0.381 e. The number of rotatable bonds is 9. The van der Waals surface area contributed by atoms with E-state index in [1.165, 1.54) is 0 Å². The van der Waals surface area contributed by atoms with Crippen LogP contribution in [0.3, 0.4) is 0 Å². The first-order valence-corrected chi connectivity index (χ1v) is 5.59. The van der Waals surface area contributed by atoms with Crippen molar-refractivity contribution in [3.8, 4) is 12.3 Å². The molecule has 0 unspecified atom stereocenters. The predicted molar refractivity (Wildman–Crippen MR) is 61.4 cm³/mol. The smallest absolute Gasteiger partial charge is 0.222 e. The lowest BCUT2D eigenvalue weighted by molar-refractivity contribution is -0.122. The van der Waals surface area contributed by atoms with Gasteiger partial charge in [0.25, 0.3) is 0 Å². The van der Waals surface area contributed by atoms with Gasteiger partial charge in [0.1, 0.15) is 0 Å². The Hall–Kier alpha value is -1.01. The first kappa shape index (κ1) is 14.0. The lowest BCUT2D eigenvalue weighted by Crippen LogP contribution is -2.25. The summed E-state index contributed by atoms with van der Waals surface area (Å²) in [6.07, 6.45) is 9.27. The highest BCUT2D eigenvalue weighted by molar-refractivity contribution is 5.75. The van der Waals surface area contributed by atoms with E-state index in [0.29, 0.717) is 19.6 Å². The molecular weight excluding hydrogens is 190 g/mol. The van der Waals surface area contributed by atoms with Gasteiger partial charge in [-0.05, 0) is 19.3 Å². The van der Waals surface area contributed by atoms with Crippen molar-refractivity contribution in [2.24, 2.45) is 0 Å². The Labute approximate surface area is 92.6 Å². The van der Waals surface area contributed by atoms with Gasteiger partial charge in [0.2, 0.25) is 5.91 Å². The van der Waals surface area contributed by atoms with Crippen molar-refractivity contribution in [2.75, 3.05) is 19.8 Å². The van der Waals surface area contributed by atoms with Crippen molar-refractivity contribution >= 4 is 5.91 Å². The summed E-state index contributed by atoms with van der Waals surface area (Å²) in [5.74, 6) is 2.63. The Morgan fingerprint density at radius 1 is 1.40 bits per heavy atom. The lowest BCUT2D eigenvalue weighted by atomic mass is 10.2. The van der Waals surface area contributed by atoms with Crippen LogP contribution in [0.4, 0.5) is 0 Å². The number of carbonyl (C=O) groups is 1. The highest BCUT2D eigenvalue weighted by atomic mass is 16.5. The summed E-state index contributed by atoms with van der Waals surface area (Å²) in [6.45, 7) is 4.01. The zero-order chi connectivity index (χ0) is 11.4. The molecule has 3 nitrogen and oxygen atoms in total. The number of terminal acetylenes is 1. The van der Waals surface area contributed by atoms with E-state index in [9.17, 15) is 4.79 Å². The second-order valence-corrected chi connectivity index (χ2v) is 3.37. The van der Waals surface area contributed by atoms with E-state index in [1.54, 1.807) is 0 Å². The molecule has 0 saturated carbocycles. The molecule has 0 bridgehead atoms. The van der Waals surface area contributed by atoms with Crippen molar-refractivity contribution in [1.82, 2.24) is 5.32 Å². The summed E-state index contributed by atoms with van der Waals surface area (Å²) in [5, 5.41) is 2.83. The molecule has 0 aliphatic carbocycles. The van der Waals surface area contributed by atoms with Gasteiger partial charge in [-0.15, -0.1) is 12.3 Å². The van der Waals surface area contributed by atoms with E-state index < -0.39 is 0 Å². The molecule has 0 radical (unpaired) electrons. The summed E-state index contributed by atoms with van der Waals surface area (Å²) in [4.78, 5) is 11.2. The molecule has 0 atom stereocenters. The summed E-state index contributed by atoms with van der Waals surface area (Å²) >= 11 is 0. The second-order valence-electron chi connectivity index (χ2n) is 3.37. The number of carbonyl (C=O) groups excluding carboxylic acids is 1. The van der Waals surface area contributed by atoms with Crippen LogP contribution in [-0.4, -0.2) is 25.7 Å². The maximum atomic E-state index is 11.2. The molecule has 0 aromatic carbocycles. The third kappa shape index (κ3) is 10.9. The van der Waals surface area contributed by atoms with Crippen LogP contribution in [0.25, 0.3) is 0 Å². The molecular formula is C12H21NO2. The molecule has 15 heavy (non-hydrogen) atoms. The molecule has 1 amide bonds. The minimum Gasteiger partial charge on any atom is -0.381 e. The third-order valence-electron chi connectivity index (χ3n) is 1.89. The number of hydrogen-bond acceptors (Lipinski definition) is 2. The van der Waals surface area contributed by atoms with Crippen LogP contribution < -0.4 is 5.32 Å². The topological polar surface area (TPSA) is 38.3 Å². The fraction of sp³-hybridized carbons (Fsp3) is 0.750. The minimum absolute atomic E-state index is 0.0619. The van der Waals surface area contributed by atoms with Crippen molar-refractivity contribution in [3.63, 3.8) is 0 Å². The molecule has 86 valence electrons. The number of nitrogens with one attached hydrogen (secondary N) is 1. The van der Waals surface area contributed by atoms with E-state index in [0.717, 1.165) is 32.3 Å². The zero-order valence-corrected chi connectivity index (χ0v) is 9.55. The van der Waals surface area contributed by atoms with Crippen LogP contribution in [0.1, 0.15) is 39.0 Å². The van der Waals surface area contributed by atoms with Gasteiger partial charge in [-0.3, -0.25) is 4.79 Å². The number of unbranched alkanes of at least 4 members (excludes halogenated alkanes) is 2. The van der Waals surface area contributed by atoms with Crippen molar-refractivity contribution in [1.29, 1.82) is 0 Å². The molecule has 0 heterocycles. The molecule has 0 aromatic heterocycles. The van der Waals surface area contributed by atoms with E-state index in [2.05, 4.69) is 11.2 Å². The molecule has 1 N–H and O–H groups in total. The van der Waals surface area contributed by atoms with Gasteiger partial charge >= 0.3 is 0 Å². The Balaban J connectivity index is 3.16. The van der Waals surface area contributed by atoms with E-state index in [1.807, 2.05) is 6.92 Å². The van der Waals surface area contributed by atoms with E-state index in [4.69, 9.17) is 11.2 Å². The third-order valence-corrected chi connectivity index (χ3v) is 1.89. The van der Waals surface area contributed by atoms with Gasteiger partial charge < -0.3 is 10.1 Å². The van der Waals surface area contributed by atoms with Crippen molar-refractivity contribution in [2.45, 2.75) is 39.0 Å². The molecule has 0 saturated heterocycles. The Morgan fingerprint density at radius 3 is 2.87 bits per heavy atom. The number of amides is 1. The van der Waals surface area contributed by atoms with Crippen molar-refractivity contribution < 1.29 is 9.53 Å². The molecule has 0 rings (SSSR count). The Bertz CT molecular complexity index is 196. The maximum Gasteiger partial charge on any atom is 0.222 e. The van der Waals surface area contributed by atoms with Gasteiger partial charge in [0.15, 0.2) is 0 Å². The highest BCUT2D eigenvalue weighted by Gasteiger charge is 1.99. The maximum absolute atomic E-state index is 11.2.